The van der Waals surface area contributed by atoms with Crippen molar-refractivity contribution >= 4 is 38.2 Å². The summed E-state index contributed by atoms with van der Waals surface area (Å²) in [5.41, 5.74) is -0.596. The molecule has 0 bridgehead atoms. The largest absolute Gasteiger partial charge is 0.512 e. The third-order valence-electron chi connectivity index (χ3n) is 10.2. The van der Waals surface area contributed by atoms with Gasteiger partial charge in [-0.15, -0.1) is 29.1 Å². The van der Waals surface area contributed by atoms with Gasteiger partial charge in [-0.25, -0.2) is 4.98 Å². The molecule has 1 N–H and O–H groups in total. The summed E-state index contributed by atoms with van der Waals surface area (Å²) in [6.45, 7) is 18.0. The first-order valence-corrected chi connectivity index (χ1v) is 16.8. The number of ketones is 1. The number of carbonyl (C=O) groups is 1. The number of allylic oxidation sites excluding steroid dienone is 2. The number of halogens is 3. The van der Waals surface area contributed by atoms with Crippen LogP contribution in [0, 0.1) is 16.9 Å². The molecular weight excluding hydrogens is 814 g/mol. The molecule has 0 saturated heterocycles. The van der Waals surface area contributed by atoms with Crippen molar-refractivity contribution in [3.05, 3.63) is 95.9 Å². The summed E-state index contributed by atoms with van der Waals surface area (Å²) < 4.78 is 67.3. The number of hydrogen-bond donors (Lipinski definition) is 1. The van der Waals surface area contributed by atoms with Gasteiger partial charge in [-0.3, -0.25) is 9.78 Å². The topological polar surface area (TPSA) is 63.1 Å². The minimum Gasteiger partial charge on any atom is -0.512 e. The number of alkyl halides is 3. The molecule has 0 aliphatic heterocycles. The Morgan fingerprint density at radius 1 is 0.860 bits per heavy atom. The first-order valence-electron chi connectivity index (χ1n) is 18.3. The van der Waals surface area contributed by atoms with Gasteiger partial charge < -0.3 is 5.11 Å². The molecule has 0 amide bonds. The van der Waals surface area contributed by atoms with Gasteiger partial charge in [0.2, 0.25) is 0 Å². The molecule has 4 nitrogen and oxygen atoms in total. The van der Waals surface area contributed by atoms with Crippen LogP contribution in [0.3, 0.4) is 0 Å². The predicted octanol–water partition coefficient (Wildman–Crippen LogP) is 12.4. The molecule has 1 radical (unpaired) electrons. The zero-order chi connectivity index (χ0) is 39.0. The van der Waals surface area contributed by atoms with E-state index in [1.807, 2.05) is 62.3 Å². The van der Waals surface area contributed by atoms with Gasteiger partial charge >= 0.3 is 6.18 Å². The Morgan fingerprint density at radius 3 is 2.06 bits per heavy atom. The van der Waals surface area contributed by atoms with Gasteiger partial charge in [0.05, 0.1) is 13.8 Å². The first kappa shape index (κ1) is 36.2. The van der Waals surface area contributed by atoms with Crippen LogP contribution in [0.1, 0.15) is 103 Å². The third-order valence-corrected chi connectivity index (χ3v) is 10.2. The van der Waals surface area contributed by atoms with Crippen LogP contribution in [-0.2, 0) is 36.5 Å². The average molecular weight is 865 g/mol. The predicted molar refractivity (Wildman–Crippen MR) is 196 cm³/mol. The quantitative estimate of drug-likeness (QED) is 0.0730. The molecule has 0 unspecified atom stereocenters. The van der Waals surface area contributed by atoms with Crippen molar-refractivity contribution in [1.29, 1.82) is 0 Å². The van der Waals surface area contributed by atoms with Crippen molar-refractivity contribution in [1.82, 2.24) is 9.97 Å². The van der Waals surface area contributed by atoms with E-state index in [-0.39, 0.29) is 82.6 Å². The zero-order valence-corrected chi connectivity index (χ0v) is 32.6. The van der Waals surface area contributed by atoms with Crippen LogP contribution in [0.2, 0.25) is 0 Å². The summed E-state index contributed by atoms with van der Waals surface area (Å²) in [7, 11) is 0. The minimum absolute atomic E-state index is 0. The van der Waals surface area contributed by atoms with E-state index < -0.39 is 17.2 Å². The van der Waals surface area contributed by atoms with E-state index in [0.717, 1.165) is 37.6 Å². The monoisotopic (exact) mass is 865 g/mol. The summed E-state index contributed by atoms with van der Waals surface area (Å²) >= 11 is 0. The van der Waals surface area contributed by atoms with E-state index in [1.54, 1.807) is 36.4 Å². The van der Waals surface area contributed by atoms with E-state index in [4.69, 9.17) is 4.11 Å². The molecule has 50 heavy (non-hydrogen) atoms. The van der Waals surface area contributed by atoms with Crippen LogP contribution in [0.5, 0.6) is 0 Å². The van der Waals surface area contributed by atoms with Crippen LogP contribution < -0.4 is 0 Å². The zero-order valence-electron chi connectivity index (χ0n) is 33.2. The second kappa shape index (κ2) is 15.7. The molecule has 1 heterocycles. The Morgan fingerprint density at radius 2 is 1.48 bits per heavy atom. The van der Waals surface area contributed by atoms with Gasteiger partial charge in [0, 0.05) is 44.1 Å². The molecule has 0 saturated carbocycles. The second-order valence-corrected chi connectivity index (χ2v) is 14.2. The number of aliphatic hydroxyl groups is 1. The van der Waals surface area contributed by atoms with Crippen LogP contribution in [0.15, 0.2) is 78.8 Å². The van der Waals surface area contributed by atoms with Crippen molar-refractivity contribution in [2.24, 2.45) is 10.8 Å². The average Bonchev–Trinajstić information content (AvgIpc) is 3.10. The number of nitrogens with zero attached hydrogens (tertiary/aromatic N) is 2. The Hall–Kier alpha value is -3.61. The molecule has 4 aromatic carbocycles. The maximum absolute atomic E-state index is 14.2. The smallest absolute Gasteiger partial charge is 0.419 e. The van der Waals surface area contributed by atoms with Gasteiger partial charge in [0.25, 0.3) is 0 Å². The van der Waals surface area contributed by atoms with Gasteiger partial charge in [-0.1, -0.05) is 122 Å². The summed E-state index contributed by atoms with van der Waals surface area (Å²) in [5.74, 6) is 0.286. The minimum atomic E-state index is -4.63. The Bertz CT molecular complexity index is 2170. The van der Waals surface area contributed by atoms with E-state index in [9.17, 15) is 23.1 Å². The molecule has 0 aliphatic carbocycles. The van der Waals surface area contributed by atoms with Crippen LogP contribution in [0.25, 0.3) is 43.7 Å². The number of hydrogen-bond acceptors (Lipinski definition) is 4. The third kappa shape index (κ3) is 8.29. The van der Waals surface area contributed by atoms with Crippen molar-refractivity contribution in [3.63, 3.8) is 0 Å². The molecule has 5 aromatic rings. The Kier molecular flexibility index (Phi) is 11.4. The normalized spacial score (nSPS) is 13.7. The molecule has 0 spiro atoms. The number of aliphatic hydroxyl groups excluding tert-OH is 1. The molecule has 1 aromatic heterocycles. The Labute approximate surface area is 312 Å². The molecular formula is C42H48F3IrN2O2-. The summed E-state index contributed by atoms with van der Waals surface area (Å²) in [4.78, 5) is 20.6. The maximum atomic E-state index is 14.2. The van der Waals surface area contributed by atoms with Crippen molar-refractivity contribution < 1.29 is 47.3 Å². The maximum Gasteiger partial charge on any atom is 0.419 e. The fourth-order valence-electron chi connectivity index (χ4n) is 5.85. The van der Waals surface area contributed by atoms with E-state index in [1.165, 1.54) is 12.1 Å². The van der Waals surface area contributed by atoms with E-state index in [2.05, 4.69) is 16.0 Å². The van der Waals surface area contributed by atoms with Gasteiger partial charge in [0.15, 0.2) is 5.78 Å². The molecule has 0 fully saturated rings. The van der Waals surface area contributed by atoms with Crippen LogP contribution in [0.4, 0.5) is 13.2 Å². The van der Waals surface area contributed by atoms with Crippen molar-refractivity contribution in [2.45, 2.75) is 99.6 Å². The first-order chi connectivity index (χ1) is 24.2. The summed E-state index contributed by atoms with van der Waals surface area (Å²) in [5, 5.41) is 11.8. The number of benzene rings is 4. The van der Waals surface area contributed by atoms with Gasteiger partial charge in [0.1, 0.15) is 12.1 Å². The van der Waals surface area contributed by atoms with Crippen LogP contribution >= 0.6 is 0 Å². The summed E-state index contributed by atoms with van der Waals surface area (Å²) in [6, 6.07) is 14.0. The number of rotatable bonds is 8. The van der Waals surface area contributed by atoms with Gasteiger partial charge in [-0.2, -0.15) is 13.2 Å². The number of aromatic nitrogens is 2. The van der Waals surface area contributed by atoms with Crippen molar-refractivity contribution in [3.8, 4) is 11.3 Å². The SMILES string of the molecule is CCC(C)(CC)C(=O)/C=C(\O)C(C)(CC)CC.[2H]c1cc2c(C(C)(C)C)cc(-c3ncnc4c(C(F)(F)F)c5ccccc5cc34)[c-]c2c([2H])c1[2H].[Ir]. The fraction of sp³-hybridized carbons (Fsp3) is 0.405. The second-order valence-electron chi connectivity index (χ2n) is 14.2. The van der Waals surface area contributed by atoms with Crippen molar-refractivity contribution in [2.75, 3.05) is 0 Å². The summed E-state index contributed by atoms with van der Waals surface area (Å²) in [6.07, 6.45) is 1.23. The fourth-order valence-corrected chi connectivity index (χ4v) is 5.85. The molecule has 0 aliphatic rings. The molecule has 5 rings (SSSR count). The molecule has 0 atom stereocenters. The van der Waals surface area contributed by atoms with E-state index >= 15 is 0 Å². The number of carbonyl (C=O) groups excluding carboxylic acids is 1. The molecule has 269 valence electrons. The van der Waals surface area contributed by atoms with Gasteiger partial charge in [-0.05, 0) is 47.3 Å². The van der Waals surface area contributed by atoms with Crippen LogP contribution in [-0.4, -0.2) is 20.9 Å². The Balaban J connectivity index is 0.000000359. The van der Waals surface area contributed by atoms with E-state index in [0.29, 0.717) is 21.7 Å². The number of fused-ring (bicyclic) bond motifs is 3. The molecule has 8 heteroatoms. The standard InChI is InChI=1S/C27H20F3N2.C15H28O2.Ir/c1-26(2,3)22-14-18(12-16-8-4-6-10-19(16)22)24-21-13-17-9-5-7-11-20(17)23(27(28,29)30)25(21)32-15-31-24;1-7-14(5,8-2)12(16)11-13(17)15(6,9-3)10-4;/h4-11,13-15H,1-3H3;11,16H,7-10H2,1-6H3;/q-1;;/b;12-11-;/i4D,6D,8D;;.